The van der Waals surface area contributed by atoms with Crippen molar-refractivity contribution in [3.63, 3.8) is 0 Å². The fourth-order valence-corrected chi connectivity index (χ4v) is 2.44. The first-order valence-electron chi connectivity index (χ1n) is 6.01. The SMILES string of the molecule is COC(=O)C[C@]1(C)CC=Cc2ccc(OC)cc21. The molecule has 3 nitrogen and oxygen atoms in total. The summed E-state index contributed by atoms with van der Waals surface area (Å²) in [5, 5.41) is 0. The zero-order chi connectivity index (χ0) is 13.2. The summed E-state index contributed by atoms with van der Waals surface area (Å²) in [7, 11) is 3.08. The molecule has 0 amide bonds. The van der Waals surface area contributed by atoms with Crippen LogP contribution in [0.4, 0.5) is 0 Å². The molecule has 0 N–H and O–H groups in total. The van der Waals surface area contributed by atoms with Crippen LogP contribution in [0.3, 0.4) is 0 Å². The highest BCUT2D eigenvalue weighted by Gasteiger charge is 2.33. The van der Waals surface area contributed by atoms with Gasteiger partial charge in [0.15, 0.2) is 0 Å². The van der Waals surface area contributed by atoms with Crippen molar-refractivity contribution in [1.82, 2.24) is 0 Å². The molecule has 1 aromatic rings. The lowest BCUT2D eigenvalue weighted by atomic mass is 9.72. The number of benzene rings is 1. The molecule has 0 bridgehead atoms. The van der Waals surface area contributed by atoms with E-state index in [-0.39, 0.29) is 11.4 Å². The maximum Gasteiger partial charge on any atom is 0.306 e. The number of esters is 1. The van der Waals surface area contributed by atoms with Gasteiger partial charge in [0.25, 0.3) is 0 Å². The van der Waals surface area contributed by atoms with E-state index >= 15 is 0 Å². The average Bonchev–Trinajstić information content (AvgIpc) is 2.38. The van der Waals surface area contributed by atoms with Crippen LogP contribution in [-0.2, 0) is 14.9 Å². The topological polar surface area (TPSA) is 35.5 Å². The summed E-state index contributed by atoms with van der Waals surface area (Å²) in [6.45, 7) is 2.09. The molecule has 1 atom stereocenters. The Morgan fingerprint density at radius 3 is 2.83 bits per heavy atom. The third-order valence-electron chi connectivity index (χ3n) is 3.54. The molecule has 1 aliphatic carbocycles. The van der Waals surface area contributed by atoms with Crippen LogP contribution in [0.2, 0.25) is 0 Å². The molecular formula is C15H18O3. The van der Waals surface area contributed by atoms with Gasteiger partial charge in [0.2, 0.25) is 0 Å². The Kier molecular flexibility index (Phi) is 3.41. The molecule has 18 heavy (non-hydrogen) atoms. The minimum Gasteiger partial charge on any atom is -0.497 e. The minimum absolute atomic E-state index is 0.179. The number of methoxy groups -OCH3 is 2. The van der Waals surface area contributed by atoms with Gasteiger partial charge >= 0.3 is 5.97 Å². The molecule has 3 heteroatoms. The van der Waals surface area contributed by atoms with E-state index in [4.69, 9.17) is 9.47 Å². The third-order valence-corrected chi connectivity index (χ3v) is 3.54. The lowest BCUT2D eigenvalue weighted by Gasteiger charge is -2.32. The van der Waals surface area contributed by atoms with Crippen LogP contribution in [0, 0.1) is 0 Å². The van der Waals surface area contributed by atoms with Crippen molar-refractivity contribution < 1.29 is 14.3 Å². The van der Waals surface area contributed by atoms with Gasteiger partial charge < -0.3 is 9.47 Å². The standard InChI is InChI=1S/C15H18O3/c1-15(10-14(16)18-3)8-4-5-11-6-7-12(17-2)9-13(11)15/h4-7,9H,8,10H2,1-3H3/t15-/m0/s1. The van der Waals surface area contributed by atoms with Gasteiger partial charge in [-0.2, -0.15) is 0 Å². The lowest BCUT2D eigenvalue weighted by molar-refractivity contribution is -0.142. The number of hydrogen-bond acceptors (Lipinski definition) is 3. The molecule has 0 saturated heterocycles. The quantitative estimate of drug-likeness (QED) is 0.769. The molecule has 0 aliphatic heterocycles. The van der Waals surface area contributed by atoms with Crippen LogP contribution < -0.4 is 4.74 Å². The zero-order valence-corrected chi connectivity index (χ0v) is 11.0. The number of hydrogen-bond donors (Lipinski definition) is 0. The van der Waals surface area contributed by atoms with Crippen molar-refractivity contribution in [2.45, 2.75) is 25.2 Å². The molecule has 0 saturated carbocycles. The normalized spacial score (nSPS) is 21.3. The maximum absolute atomic E-state index is 11.6. The summed E-state index contributed by atoms with van der Waals surface area (Å²) >= 11 is 0. The van der Waals surface area contributed by atoms with Gasteiger partial charge in [0.05, 0.1) is 20.6 Å². The number of ether oxygens (including phenoxy) is 2. The highest BCUT2D eigenvalue weighted by molar-refractivity contribution is 5.73. The van der Waals surface area contributed by atoms with Crippen LogP contribution in [0.5, 0.6) is 5.75 Å². The molecule has 0 heterocycles. The molecule has 0 aromatic heterocycles. The summed E-state index contributed by atoms with van der Waals surface area (Å²) in [5.41, 5.74) is 2.08. The van der Waals surface area contributed by atoms with Crippen LogP contribution in [0.1, 0.15) is 30.9 Å². The van der Waals surface area contributed by atoms with Crippen LogP contribution >= 0.6 is 0 Å². The first-order chi connectivity index (χ1) is 8.59. The first kappa shape index (κ1) is 12.7. The van der Waals surface area contributed by atoms with Gasteiger partial charge in [-0.25, -0.2) is 0 Å². The molecule has 0 radical (unpaired) electrons. The Labute approximate surface area is 107 Å². The highest BCUT2D eigenvalue weighted by atomic mass is 16.5. The molecule has 2 rings (SSSR count). The van der Waals surface area contributed by atoms with E-state index in [2.05, 4.69) is 19.1 Å². The van der Waals surface area contributed by atoms with E-state index in [1.54, 1.807) is 7.11 Å². The van der Waals surface area contributed by atoms with Crippen molar-refractivity contribution in [1.29, 1.82) is 0 Å². The van der Waals surface area contributed by atoms with Crippen molar-refractivity contribution in [3.05, 3.63) is 35.4 Å². The van der Waals surface area contributed by atoms with E-state index in [9.17, 15) is 4.79 Å². The second-order valence-electron chi connectivity index (χ2n) is 4.87. The Bertz CT molecular complexity index is 491. The van der Waals surface area contributed by atoms with E-state index in [0.29, 0.717) is 6.42 Å². The number of rotatable bonds is 3. The highest BCUT2D eigenvalue weighted by Crippen LogP contribution is 2.40. The van der Waals surface area contributed by atoms with Crippen LogP contribution in [0.25, 0.3) is 6.08 Å². The van der Waals surface area contributed by atoms with Crippen molar-refractivity contribution in [2.75, 3.05) is 14.2 Å². The monoisotopic (exact) mass is 246 g/mol. The zero-order valence-electron chi connectivity index (χ0n) is 11.0. The van der Waals surface area contributed by atoms with E-state index in [1.165, 1.54) is 7.11 Å². The number of carbonyl (C=O) groups excluding carboxylic acids is 1. The first-order valence-corrected chi connectivity index (χ1v) is 6.01. The summed E-state index contributed by atoms with van der Waals surface area (Å²) in [5.74, 6) is 0.640. The molecular weight excluding hydrogens is 228 g/mol. The fourth-order valence-electron chi connectivity index (χ4n) is 2.44. The molecule has 1 aromatic carbocycles. The molecule has 0 unspecified atom stereocenters. The summed E-state index contributed by atoms with van der Waals surface area (Å²) in [6, 6.07) is 5.98. The Morgan fingerprint density at radius 1 is 1.39 bits per heavy atom. The van der Waals surface area contributed by atoms with Crippen LogP contribution in [0.15, 0.2) is 24.3 Å². The molecule has 0 fully saturated rings. The number of allylic oxidation sites excluding steroid dienone is 1. The smallest absolute Gasteiger partial charge is 0.306 e. The van der Waals surface area contributed by atoms with E-state index in [0.717, 1.165) is 23.3 Å². The average molecular weight is 246 g/mol. The van der Waals surface area contributed by atoms with Crippen molar-refractivity contribution in [3.8, 4) is 5.75 Å². The Hall–Kier alpha value is -1.77. The van der Waals surface area contributed by atoms with E-state index < -0.39 is 0 Å². The predicted molar refractivity (Wildman–Crippen MR) is 70.6 cm³/mol. The van der Waals surface area contributed by atoms with Crippen LogP contribution in [-0.4, -0.2) is 20.2 Å². The molecule has 1 aliphatic rings. The van der Waals surface area contributed by atoms with Crippen molar-refractivity contribution in [2.24, 2.45) is 0 Å². The van der Waals surface area contributed by atoms with Gasteiger partial charge in [-0.15, -0.1) is 0 Å². The lowest BCUT2D eigenvalue weighted by Crippen LogP contribution is -2.28. The largest absolute Gasteiger partial charge is 0.497 e. The number of carbonyl (C=O) groups is 1. The van der Waals surface area contributed by atoms with Gasteiger partial charge in [0.1, 0.15) is 5.75 Å². The molecule has 96 valence electrons. The summed E-state index contributed by atoms with van der Waals surface area (Å²) in [6.07, 6.45) is 5.42. The van der Waals surface area contributed by atoms with Gasteiger partial charge in [-0.05, 0) is 29.7 Å². The Morgan fingerprint density at radius 2 is 2.17 bits per heavy atom. The molecule has 0 spiro atoms. The van der Waals surface area contributed by atoms with Gasteiger partial charge in [0, 0.05) is 5.41 Å². The maximum atomic E-state index is 11.6. The predicted octanol–water partition coefficient (Wildman–Crippen LogP) is 2.93. The van der Waals surface area contributed by atoms with Gasteiger partial charge in [-0.3, -0.25) is 4.79 Å². The van der Waals surface area contributed by atoms with Crippen molar-refractivity contribution >= 4 is 12.0 Å². The second-order valence-corrected chi connectivity index (χ2v) is 4.87. The Balaban J connectivity index is 2.42. The van der Waals surface area contributed by atoms with Gasteiger partial charge in [-0.1, -0.05) is 25.1 Å². The summed E-state index contributed by atoms with van der Waals surface area (Å²) < 4.78 is 10.1. The third kappa shape index (κ3) is 2.26. The van der Waals surface area contributed by atoms with E-state index in [1.807, 2.05) is 18.2 Å². The fraction of sp³-hybridized carbons (Fsp3) is 0.400. The minimum atomic E-state index is -0.217. The summed E-state index contributed by atoms with van der Waals surface area (Å²) in [4.78, 5) is 11.6. The number of fused-ring (bicyclic) bond motifs is 1. The second kappa shape index (κ2) is 4.84.